The Morgan fingerprint density at radius 3 is 1.60 bits per heavy atom. The Labute approximate surface area is 212 Å². The Morgan fingerprint density at radius 1 is 0.933 bits per heavy atom. The molecule has 0 amide bonds. The average Bonchev–Trinajstić information content (AvgIpc) is 2.77. The molecule has 0 heterocycles. The van der Waals surface area contributed by atoms with Gasteiger partial charge in [-0.15, -0.1) is 0 Å². The fourth-order valence-corrected chi connectivity index (χ4v) is 0.964. The predicted octanol–water partition coefficient (Wildman–Crippen LogP) is 8.85. The molecule has 0 atom stereocenters. The second-order valence-corrected chi connectivity index (χ2v) is 5.34. The third-order valence-corrected chi connectivity index (χ3v) is 2.57. The second kappa shape index (κ2) is 50.8. The molecule has 0 fully saturated rings. The molecule has 0 aromatic rings. The molecule has 3 N–H and O–H groups in total. The SMILES string of the molecule is C/C=C/CC.CC/C=C/C(=O)OCl.CCC=O.CCCCC(=O)OCl.CCCO.O.[HH].[HH].[HH].[HH].[HH].[HH].[HH].[HH].[HH].[HH].[HH].[HH].[HH]. The van der Waals surface area contributed by atoms with Gasteiger partial charge in [-0.1, -0.05) is 59.3 Å². The van der Waals surface area contributed by atoms with E-state index in [-0.39, 0.29) is 30.0 Å². The van der Waals surface area contributed by atoms with E-state index in [1.807, 2.05) is 34.6 Å². The monoisotopic (exact) mass is 502 g/mol. The maximum absolute atomic E-state index is 10.2. The molecule has 0 aromatic carbocycles. The minimum absolute atomic E-state index is 0. The topological polar surface area (TPSA) is 121 Å². The van der Waals surface area contributed by atoms with Gasteiger partial charge in [0.2, 0.25) is 0 Å². The fraction of sp³-hybridized carbons (Fsp3) is 0.667. The molecule has 30 heavy (non-hydrogen) atoms. The summed E-state index contributed by atoms with van der Waals surface area (Å²) in [6, 6.07) is 0. The van der Waals surface area contributed by atoms with E-state index in [0.29, 0.717) is 19.4 Å². The number of carbonyl (C=O) groups is 3. The van der Waals surface area contributed by atoms with Crippen LogP contribution in [0.1, 0.15) is 105 Å². The van der Waals surface area contributed by atoms with Crippen LogP contribution in [0, 0.1) is 0 Å². The van der Waals surface area contributed by atoms with Crippen molar-refractivity contribution in [2.75, 3.05) is 6.61 Å². The lowest BCUT2D eigenvalue weighted by Gasteiger charge is -1.90. The minimum Gasteiger partial charge on any atom is -0.412 e. The normalized spacial score (nSPS) is 8.43. The van der Waals surface area contributed by atoms with E-state index in [4.69, 9.17) is 17.0 Å². The van der Waals surface area contributed by atoms with Crippen LogP contribution in [-0.4, -0.2) is 35.4 Å². The van der Waals surface area contributed by atoms with Crippen molar-refractivity contribution >= 4 is 42.0 Å². The van der Waals surface area contributed by atoms with Crippen LogP contribution in [0.3, 0.4) is 0 Å². The molecule has 0 aromatic heterocycles. The van der Waals surface area contributed by atoms with Crippen LogP contribution in [-0.2, 0) is 23.0 Å². The molecule has 0 aliphatic rings. The van der Waals surface area contributed by atoms with E-state index in [1.54, 1.807) is 6.08 Å². The number of rotatable bonds is 8. The zero-order valence-electron chi connectivity index (χ0n) is 19.3. The van der Waals surface area contributed by atoms with Gasteiger partial charge in [0.25, 0.3) is 0 Å². The van der Waals surface area contributed by atoms with Crippen molar-refractivity contribution in [3.63, 3.8) is 0 Å². The molecule has 7 nitrogen and oxygen atoms in total. The van der Waals surface area contributed by atoms with Gasteiger partial charge in [0, 0.05) is 44.1 Å². The fourth-order valence-electron chi connectivity index (χ4n) is 0.835. The quantitative estimate of drug-likeness (QED) is 0.200. The van der Waals surface area contributed by atoms with Gasteiger partial charge in [-0.25, -0.2) is 4.79 Å². The summed E-state index contributed by atoms with van der Waals surface area (Å²) in [5, 5.41) is 7.88. The summed E-state index contributed by atoms with van der Waals surface area (Å²) >= 11 is 9.43. The van der Waals surface area contributed by atoms with Crippen LogP contribution in [0.4, 0.5) is 0 Å². The average molecular weight is 504 g/mol. The summed E-state index contributed by atoms with van der Waals surface area (Å²) in [7, 11) is 0. The first kappa shape index (κ1) is 42.6. The molecule has 9 heteroatoms. The molecule has 208 valence electrons. The molecule has 0 aliphatic carbocycles. The highest BCUT2D eigenvalue weighted by atomic mass is 35.5. The molecule has 0 unspecified atom stereocenters. The highest BCUT2D eigenvalue weighted by Gasteiger charge is 1.97. The van der Waals surface area contributed by atoms with E-state index in [0.717, 1.165) is 38.4 Å². The lowest BCUT2D eigenvalue weighted by atomic mass is 10.3. The lowest BCUT2D eigenvalue weighted by Crippen LogP contribution is -1.94. The molecular formula is C21H68Cl2O7. The summed E-state index contributed by atoms with van der Waals surface area (Å²) in [6.07, 6.45) is 13.8. The maximum Gasteiger partial charge on any atom is 0.348 e. The first-order valence-electron chi connectivity index (χ1n) is 9.82. The lowest BCUT2D eigenvalue weighted by molar-refractivity contribution is -0.134. The van der Waals surface area contributed by atoms with Gasteiger partial charge in [0.15, 0.2) is 0 Å². The molecule has 0 radical (unpaired) electrons. The second-order valence-electron chi connectivity index (χ2n) is 5.04. The molecular weight excluding hydrogens is 435 g/mol. The van der Waals surface area contributed by atoms with Crippen LogP contribution in [0.5, 0.6) is 0 Å². The number of aliphatic hydroxyl groups is 1. The van der Waals surface area contributed by atoms with Crippen molar-refractivity contribution in [1.29, 1.82) is 0 Å². The highest BCUT2D eigenvalue weighted by molar-refractivity contribution is 6.14. The summed E-state index contributed by atoms with van der Waals surface area (Å²) in [5.41, 5.74) is 0. The zero-order valence-corrected chi connectivity index (χ0v) is 20.8. The van der Waals surface area contributed by atoms with Crippen molar-refractivity contribution in [1.82, 2.24) is 0 Å². The van der Waals surface area contributed by atoms with Crippen LogP contribution >= 0.6 is 23.7 Å². The predicted molar refractivity (Wildman–Crippen MR) is 153 cm³/mol. The van der Waals surface area contributed by atoms with Crippen molar-refractivity contribution in [2.45, 2.75) is 86.5 Å². The van der Waals surface area contributed by atoms with Gasteiger partial charge in [0.1, 0.15) is 30.0 Å². The van der Waals surface area contributed by atoms with Gasteiger partial charge in [0.05, 0.1) is 0 Å². The standard InChI is InChI=1S/C5H9ClO2.C5H7ClO2.C5H10.C3H8O.C3H6O.H2O.13H2/c2*1-2-3-4-5(7)8-6;1-3-5-4-2;2*1-2-3-4;;;;;;;;;;;;;;/h2-4H2,1H3;3-4H,2H2,1H3;3,5H,4H2,1-2H3;4H,2-3H2,1H3;3H,2H2,1H3;1H2;13*1H/b;4-3+;5-3+;;;;;;;;;;;;;;;;. The van der Waals surface area contributed by atoms with Gasteiger partial charge in [-0.3, -0.25) is 4.79 Å². The van der Waals surface area contributed by atoms with Crippen LogP contribution in [0.25, 0.3) is 0 Å². The van der Waals surface area contributed by atoms with Crippen LogP contribution in [0.2, 0.25) is 0 Å². The number of aliphatic hydroxyl groups excluding tert-OH is 1. The van der Waals surface area contributed by atoms with Gasteiger partial charge >= 0.3 is 11.9 Å². The Hall–Kier alpha value is -1.41. The Balaban J connectivity index is -0.00000000931. The van der Waals surface area contributed by atoms with E-state index >= 15 is 0 Å². The number of unbranched alkanes of at least 4 members (excludes halogenated alkanes) is 1. The van der Waals surface area contributed by atoms with Gasteiger partial charge < -0.3 is 24.0 Å². The number of allylic oxidation sites excluding steroid dienone is 3. The van der Waals surface area contributed by atoms with Crippen molar-refractivity contribution < 1.29 is 52.1 Å². The van der Waals surface area contributed by atoms with E-state index in [2.05, 4.69) is 39.5 Å². The number of halogens is 2. The van der Waals surface area contributed by atoms with E-state index < -0.39 is 5.97 Å². The summed E-state index contributed by atoms with van der Waals surface area (Å²) in [5.74, 6) is -0.859. The molecule has 0 saturated heterocycles. The number of carbonyl (C=O) groups excluding carboxylic acids is 3. The molecule has 0 rings (SSSR count). The maximum atomic E-state index is 10.2. The first-order valence-corrected chi connectivity index (χ1v) is 10.4. The van der Waals surface area contributed by atoms with E-state index in [9.17, 15) is 14.4 Å². The number of hydrogen-bond donors (Lipinski definition) is 1. The van der Waals surface area contributed by atoms with Gasteiger partial charge in [-0.05, 0) is 32.6 Å². The number of aldehydes is 1. The third kappa shape index (κ3) is 81.8. The van der Waals surface area contributed by atoms with E-state index in [1.165, 1.54) is 6.08 Å². The van der Waals surface area contributed by atoms with Crippen molar-refractivity contribution in [2.24, 2.45) is 0 Å². The van der Waals surface area contributed by atoms with Crippen LogP contribution < -0.4 is 0 Å². The zero-order chi connectivity index (χ0) is 23.8. The van der Waals surface area contributed by atoms with Crippen molar-refractivity contribution in [3.05, 3.63) is 24.3 Å². The van der Waals surface area contributed by atoms with Crippen LogP contribution in [0.15, 0.2) is 24.3 Å². The Bertz CT molecular complexity index is 410. The summed E-state index contributed by atoms with van der Waals surface area (Å²) in [4.78, 5) is 29.5. The molecule has 0 aliphatic heterocycles. The number of hydrogen-bond acceptors (Lipinski definition) is 6. The summed E-state index contributed by atoms with van der Waals surface area (Å²) < 4.78 is 7.68. The van der Waals surface area contributed by atoms with Crippen molar-refractivity contribution in [3.8, 4) is 0 Å². The summed E-state index contributed by atoms with van der Waals surface area (Å²) in [6.45, 7) is 12.1. The van der Waals surface area contributed by atoms with Gasteiger partial charge in [-0.2, -0.15) is 0 Å². The third-order valence-electron chi connectivity index (χ3n) is 2.25. The minimum atomic E-state index is -0.520. The Morgan fingerprint density at radius 2 is 1.40 bits per heavy atom. The molecule has 0 bridgehead atoms. The molecule has 0 saturated carbocycles. The largest absolute Gasteiger partial charge is 0.412 e. The molecule has 0 spiro atoms. The highest BCUT2D eigenvalue weighted by Crippen LogP contribution is 1.96. The smallest absolute Gasteiger partial charge is 0.348 e. The first-order chi connectivity index (χ1) is 13.9. The Kier molecular flexibility index (Phi) is 72.3.